The predicted molar refractivity (Wildman–Crippen MR) is 63.8 cm³/mol. The van der Waals surface area contributed by atoms with E-state index in [2.05, 4.69) is 26.0 Å². The lowest BCUT2D eigenvalue weighted by Gasteiger charge is -2.08. The van der Waals surface area contributed by atoms with Crippen LogP contribution in [0.15, 0.2) is 24.3 Å². The Morgan fingerprint density at radius 1 is 1.41 bits per heavy atom. The number of carbonyl (C=O) groups is 1. The molecule has 1 N–H and O–H groups in total. The van der Waals surface area contributed by atoms with Gasteiger partial charge in [0.05, 0.1) is 0 Å². The Hall–Kier alpha value is -1.17. The minimum absolute atomic E-state index is 0.0328. The Bertz CT molecular complexity index is 368. The van der Waals surface area contributed by atoms with Gasteiger partial charge in [-0.3, -0.25) is 4.79 Å². The van der Waals surface area contributed by atoms with Crippen molar-refractivity contribution in [2.45, 2.75) is 18.4 Å². The molecule has 1 rings (SSSR count). The monoisotopic (exact) mass is 307 g/mol. The standard InChI is InChI=1S/C11H12BrF2NO2/c1-7(12)6-15-10(16)8-2-4-9(5-3-8)17-11(13)14/h2-5,7,11H,6H2,1H3,(H,15,16). The van der Waals surface area contributed by atoms with Gasteiger partial charge in [-0.1, -0.05) is 22.9 Å². The highest BCUT2D eigenvalue weighted by atomic mass is 79.9. The van der Waals surface area contributed by atoms with Gasteiger partial charge in [0, 0.05) is 16.9 Å². The quantitative estimate of drug-likeness (QED) is 0.850. The number of nitrogens with one attached hydrogen (secondary N) is 1. The van der Waals surface area contributed by atoms with Gasteiger partial charge >= 0.3 is 6.61 Å². The van der Waals surface area contributed by atoms with E-state index in [-0.39, 0.29) is 16.5 Å². The van der Waals surface area contributed by atoms with Crippen LogP contribution in [-0.4, -0.2) is 23.9 Å². The molecule has 6 heteroatoms. The number of rotatable bonds is 5. The van der Waals surface area contributed by atoms with E-state index in [1.807, 2.05) is 6.92 Å². The normalized spacial score (nSPS) is 12.3. The molecule has 0 aliphatic carbocycles. The van der Waals surface area contributed by atoms with Crippen LogP contribution in [0.3, 0.4) is 0 Å². The summed E-state index contributed by atoms with van der Waals surface area (Å²) in [6.45, 7) is -0.461. The van der Waals surface area contributed by atoms with Gasteiger partial charge in [-0.2, -0.15) is 8.78 Å². The molecular formula is C11H12BrF2NO2. The molecule has 1 atom stereocenters. The largest absolute Gasteiger partial charge is 0.435 e. The van der Waals surface area contributed by atoms with E-state index < -0.39 is 6.61 Å². The molecule has 1 aromatic rings. The fraction of sp³-hybridized carbons (Fsp3) is 0.364. The molecule has 0 spiro atoms. The summed E-state index contributed by atoms with van der Waals surface area (Å²) >= 11 is 3.30. The molecule has 0 aliphatic heterocycles. The highest BCUT2D eigenvalue weighted by Crippen LogP contribution is 2.14. The molecule has 0 radical (unpaired) electrons. The number of halogens is 3. The van der Waals surface area contributed by atoms with E-state index in [0.717, 1.165) is 0 Å². The zero-order chi connectivity index (χ0) is 12.8. The van der Waals surface area contributed by atoms with E-state index >= 15 is 0 Å². The number of ether oxygens (including phenoxy) is 1. The average molecular weight is 308 g/mol. The summed E-state index contributed by atoms with van der Waals surface area (Å²) < 4.78 is 27.9. The maximum absolute atomic E-state index is 11.9. The Kier molecular flexibility index (Phi) is 5.34. The summed E-state index contributed by atoms with van der Waals surface area (Å²) in [6.07, 6.45) is 0. The molecule has 0 aliphatic rings. The Balaban J connectivity index is 2.57. The van der Waals surface area contributed by atoms with Crippen molar-refractivity contribution in [3.8, 4) is 5.75 Å². The highest BCUT2D eigenvalue weighted by Gasteiger charge is 2.08. The van der Waals surface area contributed by atoms with Gasteiger partial charge in [-0.25, -0.2) is 0 Å². The smallest absolute Gasteiger partial charge is 0.387 e. The van der Waals surface area contributed by atoms with Crippen LogP contribution in [-0.2, 0) is 0 Å². The van der Waals surface area contributed by atoms with E-state index in [1.165, 1.54) is 24.3 Å². The fourth-order valence-corrected chi connectivity index (χ4v) is 1.29. The van der Waals surface area contributed by atoms with Crippen molar-refractivity contribution in [2.75, 3.05) is 6.54 Å². The molecule has 3 nitrogen and oxygen atoms in total. The first-order chi connectivity index (χ1) is 7.99. The van der Waals surface area contributed by atoms with Gasteiger partial charge in [0.25, 0.3) is 5.91 Å². The number of amides is 1. The number of hydrogen-bond acceptors (Lipinski definition) is 2. The van der Waals surface area contributed by atoms with Crippen molar-refractivity contribution in [2.24, 2.45) is 0 Å². The van der Waals surface area contributed by atoms with E-state index in [4.69, 9.17) is 0 Å². The predicted octanol–water partition coefficient (Wildman–Crippen LogP) is 2.80. The first kappa shape index (κ1) is 13.9. The van der Waals surface area contributed by atoms with Crippen LogP contribution >= 0.6 is 15.9 Å². The molecule has 0 heterocycles. The van der Waals surface area contributed by atoms with Gasteiger partial charge in [0.1, 0.15) is 5.75 Å². The third-order valence-electron chi connectivity index (χ3n) is 1.89. The molecule has 0 bridgehead atoms. The summed E-state index contributed by atoms with van der Waals surface area (Å²) in [6, 6.07) is 5.54. The van der Waals surface area contributed by atoms with Gasteiger partial charge in [-0.15, -0.1) is 0 Å². The van der Waals surface area contributed by atoms with Crippen LogP contribution in [0.25, 0.3) is 0 Å². The van der Waals surface area contributed by atoms with Gasteiger partial charge < -0.3 is 10.1 Å². The lowest BCUT2D eigenvalue weighted by molar-refractivity contribution is -0.0498. The molecule has 94 valence electrons. The highest BCUT2D eigenvalue weighted by molar-refractivity contribution is 9.09. The summed E-state index contributed by atoms with van der Waals surface area (Å²) in [7, 11) is 0. The first-order valence-electron chi connectivity index (χ1n) is 4.96. The second kappa shape index (κ2) is 6.54. The zero-order valence-corrected chi connectivity index (χ0v) is 10.7. The van der Waals surface area contributed by atoms with E-state index in [0.29, 0.717) is 12.1 Å². The third-order valence-corrected chi connectivity index (χ3v) is 2.21. The molecule has 1 amide bonds. The second-order valence-electron chi connectivity index (χ2n) is 3.39. The minimum atomic E-state index is -2.86. The number of carbonyl (C=O) groups excluding carboxylic acids is 1. The Morgan fingerprint density at radius 3 is 2.47 bits per heavy atom. The van der Waals surface area contributed by atoms with Crippen molar-refractivity contribution >= 4 is 21.8 Å². The average Bonchev–Trinajstić information content (AvgIpc) is 2.26. The van der Waals surface area contributed by atoms with Crippen LogP contribution in [0.1, 0.15) is 17.3 Å². The van der Waals surface area contributed by atoms with Gasteiger partial charge in [0.2, 0.25) is 0 Å². The number of alkyl halides is 3. The van der Waals surface area contributed by atoms with Crippen molar-refractivity contribution in [3.05, 3.63) is 29.8 Å². The van der Waals surface area contributed by atoms with Crippen LogP contribution in [0, 0.1) is 0 Å². The SMILES string of the molecule is CC(Br)CNC(=O)c1ccc(OC(F)F)cc1. The van der Waals surface area contributed by atoms with Crippen molar-refractivity contribution < 1.29 is 18.3 Å². The lowest BCUT2D eigenvalue weighted by atomic mass is 10.2. The first-order valence-corrected chi connectivity index (χ1v) is 5.87. The molecule has 0 aromatic heterocycles. The number of hydrogen-bond donors (Lipinski definition) is 1. The fourth-order valence-electron chi connectivity index (χ4n) is 1.12. The van der Waals surface area contributed by atoms with Crippen molar-refractivity contribution in [3.63, 3.8) is 0 Å². The number of benzene rings is 1. The van der Waals surface area contributed by atoms with Crippen LogP contribution in [0.5, 0.6) is 5.75 Å². The van der Waals surface area contributed by atoms with Crippen LogP contribution in [0.2, 0.25) is 0 Å². The van der Waals surface area contributed by atoms with Crippen LogP contribution < -0.4 is 10.1 Å². The lowest BCUT2D eigenvalue weighted by Crippen LogP contribution is -2.28. The van der Waals surface area contributed by atoms with Gasteiger partial charge in [-0.05, 0) is 24.3 Å². The molecule has 0 fully saturated rings. The van der Waals surface area contributed by atoms with Gasteiger partial charge in [0.15, 0.2) is 0 Å². The zero-order valence-electron chi connectivity index (χ0n) is 9.12. The van der Waals surface area contributed by atoms with Crippen LogP contribution in [0.4, 0.5) is 8.78 Å². The topological polar surface area (TPSA) is 38.3 Å². The Morgan fingerprint density at radius 2 is 2.00 bits per heavy atom. The molecule has 17 heavy (non-hydrogen) atoms. The summed E-state index contributed by atoms with van der Waals surface area (Å²) in [5.74, 6) is -0.217. The summed E-state index contributed by atoms with van der Waals surface area (Å²) in [5, 5.41) is 2.68. The van der Waals surface area contributed by atoms with E-state index in [1.54, 1.807) is 0 Å². The maximum atomic E-state index is 11.9. The second-order valence-corrected chi connectivity index (χ2v) is 4.96. The Labute approximate surface area is 106 Å². The molecule has 1 aromatic carbocycles. The molecule has 0 saturated carbocycles. The minimum Gasteiger partial charge on any atom is -0.435 e. The van der Waals surface area contributed by atoms with Crippen molar-refractivity contribution in [1.29, 1.82) is 0 Å². The molecule has 1 unspecified atom stereocenters. The van der Waals surface area contributed by atoms with Crippen molar-refractivity contribution in [1.82, 2.24) is 5.32 Å². The maximum Gasteiger partial charge on any atom is 0.387 e. The third kappa shape index (κ3) is 5.12. The molecule has 0 saturated heterocycles. The summed E-state index contributed by atoms with van der Waals surface area (Å²) in [4.78, 5) is 11.7. The molecular weight excluding hydrogens is 296 g/mol. The summed E-state index contributed by atoms with van der Waals surface area (Å²) in [5.41, 5.74) is 0.403. The van der Waals surface area contributed by atoms with E-state index in [9.17, 15) is 13.6 Å².